The first kappa shape index (κ1) is 8.84. The summed E-state index contributed by atoms with van der Waals surface area (Å²) < 4.78 is 0.960. The predicted octanol–water partition coefficient (Wildman–Crippen LogP) is 2.65. The first-order chi connectivity index (χ1) is 6.22. The molecule has 68 valence electrons. The van der Waals surface area contributed by atoms with Gasteiger partial charge in [-0.05, 0) is 12.1 Å². The fraction of sp³-hybridized carbons (Fsp3) is 0.125. The van der Waals surface area contributed by atoms with Crippen LogP contribution in [-0.4, -0.2) is 9.97 Å². The van der Waals surface area contributed by atoms with Crippen molar-refractivity contribution >= 4 is 44.5 Å². The van der Waals surface area contributed by atoms with Crippen LogP contribution in [0.1, 0.15) is 5.56 Å². The Bertz CT molecular complexity index is 452. The zero-order valence-electron chi connectivity index (χ0n) is 6.64. The fourth-order valence-corrected chi connectivity index (χ4v) is 2.15. The Morgan fingerprint density at radius 3 is 3.00 bits per heavy atom. The van der Waals surface area contributed by atoms with E-state index in [1.54, 1.807) is 0 Å². The number of fused-ring (bicyclic) bond motifs is 1. The summed E-state index contributed by atoms with van der Waals surface area (Å²) in [5.74, 6) is 0.835. The standard InChI is InChI=1S/C8H7BrClN3/c9-5-1-2-6-7(4(5)3-10)13-8(11)12-6/h1-2H,3H2,(H3,11,12,13). The van der Waals surface area contributed by atoms with Crippen molar-refractivity contribution in [1.29, 1.82) is 0 Å². The van der Waals surface area contributed by atoms with E-state index in [-0.39, 0.29) is 0 Å². The van der Waals surface area contributed by atoms with Crippen molar-refractivity contribution in [1.82, 2.24) is 9.97 Å². The molecule has 0 aliphatic rings. The summed E-state index contributed by atoms with van der Waals surface area (Å²) in [6.45, 7) is 0. The Labute approximate surface area is 88.4 Å². The molecule has 0 saturated carbocycles. The number of hydrogen-bond donors (Lipinski definition) is 2. The molecule has 0 unspecified atom stereocenters. The van der Waals surface area contributed by atoms with Crippen LogP contribution in [0.5, 0.6) is 0 Å². The molecule has 2 aromatic rings. The minimum absolute atomic E-state index is 0.416. The molecule has 0 bridgehead atoms. The molecule has 0 radical (unpaired) electrons. The molecule has 0 atom stereocenters. The van der Waals surface area contributed by atoms with E-state index < -0.39 is 0 Å². The molecule has 5 heteroatoms. The molecule has 1 heterocycles. The monoisotopic (exact) mass is 259 g/mol. The second-order valence-corrected chi connectivity index (χ2v) is 3.80. The Balaban J connectivity index is 2.82. The van der Waals surface area contributed by atoms with Crippen LogP contribution in [0, 0.1) is 0 Å². The van der Waals surface area contributed by atoms with Gasteiger partial charge in [0.25, 0.3) is 0 Å². The quantitative estimate of drug-likeness (QED) is 0.775. The summed E-state index contributed by atoms with van der Waals surface area (Å²) in [6, 6.07) is 3.84. The van der Waals surface area contributed by atoms with Crippen LogP contribution in [0.4, 0.5) is 5.95 Å². The van der Waals surface area contributed by atoms with Gasteiger partial charge in [-0.3, -0.25) is 0 Å². The predicted molar refractivity (Wildman–Crippen MR) is 57.8 cm³/mol. The molecule has 13 heavy (non-hydrogen) atoms. The van der Waals surface area contributed by atoms with E-state index in [0.717, 1.165) is 21.1 Å². The highest BCUT2D eigenvalue weighted by Gasteiger charge is 2.08. The number of nitrogen functional groups attached to an aromatic ring is 1. The summed E-state index contributed by atoms with van der Waals surface area (Å²) in [7, 11) is 0. The largest absolute Gasteiger partial charge is 0.369 e. The van der Waals surface area contributed by atoms with Gasteiger partial charge in [-0.15, -0.1) is 11.6 Å². The lowest BCUT2D eigenvalue weighted by Gasteiger charge is -1.99. The smallest absolute Gasteiger partial charge is 0.198 e. The van der Waals surface area contributed by atoms with Crippen LogP contribution in [0.2, 0.25) is 0 Å². The number of nitrogens with zero attached hydrogens (tertiary/aromatic N) is 1. The number of benzene rings is 1. The molecule has 2 rings (SSSR count). The first-order valence-electron chi connectivity index (χ1n) is 3.71. The van der Waals surface area contributed by atoms with Gasteiger partial charge in [0.1, 0.15) is 0 Å². The van der Waals surface area contributed by atoms with E-state index in [4.69, 9.17) is 17.3 Å². The Kier molecular flexibility index (Phi) is 2.17. The molecule has 0 amide bonds. The van der Waals surface area contributed by atoms with Gasteiger partial charge < -0.3 is 10.7 Å². The van der Waals surface area contributed by atoms with E-state index in [1.807, 2.05) is 12.1 Å². The first-order valence-corrected chi connectivity index (χ1v) is 5.03. The van der Waals surface area contributed by atoms with Crippen LogP contribution in [0.25, 0.3) is 11.0 Å². The number of aromatic amines is 1. The molecule has 0 saturated heterocycles. The van der Waals surface area contributed by atoms with Gasteiger partial charge in [0.15, 0.2) is 5.95 Å². The number of alkyl halides is 1. The summed E-state index contributed by atoms with van der Waals surface area (Å²) in [5, 5.41) is 0. The molecule has 3 nitrogen and oxygen atoms in total. The molecular weight excluding hydrogens is 253 g/mol. The van der Waals surface area contributed by atoms with Crippen LogP contribution < -0.4 is 5.73 Å². The minimum atomic E-state index is 0.416. The maximum absolute atomic E-state index is 5.80. The Hall–Kier alpha value is -0.740. The molecule has 1 aromatic carbocycles. The number of nitrogens with two attached hydrogens (primary N) is 1. The van der Waals surface area contributed by atoms with Crippen molar-refractivity contribution in [2.45, 2.75) is 5.88 Å². The highest BCUT2D eigenvalue weighted by atomic mass is 79.9. The molecule has 3 N–H and O–H groups in total. The van der Waals surface area contributed by atoms with E-state index in [2.05, 4.69) is 25.9 Å². The van der Waals surface area contributed by atoms with Gasteiger partial charge >= 0.3 is 0 Å². The number of H-pyrrole nitrogens is 1. The van der Waals surface area contributed by atoms with Crippen molar-refractivity contribution in [2.75, 3.05) is 5.73 Å². The van der Waals surface area contributed by atoms with Crippen molar-refractivity contribution in [3.8, 4) is 0 Å². The van der Waals surface area contributed by atoms with Crippen molar-refractivity contribution < 1.29 is 0 Å². The lowest BCUT2D eigenvalue weighted by atomic mass is 10.2. The zero-order valence-corrected chi connectivity index (χ0v) is 8.98. The SMILES string of the molecule is Nc1nc2c(CCl)c(Br)ccc2[nH]1. The van der Waals surface area contributed by atoms with Gasteiger partial charge in [0, 0.05) is 10.0 Å². The van der Waals surface area contributed by atoms with Crippen LogP contribution >= 0.6 is 27.5 Å². The molecule has 0 aliphatic carbocycles. The third kappa shape index (κ3) is 1.40. The second kappa shape index (κ2) is 3.20. The number of halogens is 2. The third-order valence-corrected chi connectivity index (χ3v) is 2.86. The zero-order chi connectivity index (χ0) is 9.42. The average Bonchev–Trinajstić information content (AvgIpc) is 2.45. The van der Waals surface area contributed by atoms with Crippen molar-refractivity contribution in [3.05, 3.63) is 22.2 Å². The summed E-state index contributed by atoms with van der Waals surface area (Å²) in [4.78, 5) is 7.10. The van der Waals surface area contributed by atoms with Gasteiger partial charge in [-0.2, -0.15) is 0 Å². The van der Waals surface area contributed by atoms with Gasteiger partial charge in [0.05, 0.1) is 16.9 Å². The van der Waals surface area contributed by atoms with Gasteiger partial charge in [-0.25, -0.2) is 4.98 Å². The number of rotatable bonds is 1. The molecule has 0 spiro atoms. The Morgan fingerprint density at radius 2 is 2.31 bits per heavy atom. The van der Waals surface area contributed by atoms with Crippen LogP contribution in [-0.2, 0) is 5.88 Å². The minimum Gasteiger partial charge on any atom is -0.369 e. The Morgan fingerprint density at radius 1 is 1.54 bits per heavy atom. The van der Waals surface area contributed by atoms with E-state index in [1.165, 1.54) is 0 Å². The molecule has 0 fully saturated rings. The maximum atomic E-state index is 5.80. The molecule has 0 aliphatic heterocycles. The van der Waals surface area contributed by atoms with Crippen molar-refractivity contribution in [2.24, 2.45) is 0 Å². The number of aromatic nitrogens is 2. The van der Waals surface area contributed by atoms with Gasteiger partial charge in [0.2, 0.25) is 0 Å². The number of hydrogen-bond acceptors (Lipinski definition) is 2. The molecular formula is C8H7BrClN3. The van der Waals surface area contributed by atoms with Crippen LogP contribution in [0.15, 0.2) is 16.6 Å². The number of imidazole rings is 1. The van der Waals surface area contributed by atoms with E-state index in [0.29, 0.717) is 11.8 Å². The number of anilines is 1. The van der Waals surface area contributed by atoms with E-state index >= 15 is 0 Å². The lowest BCUT2D eigenvalue weighted by molar-refractivity contribution is 1.33. The number of nitrogens with one attached hydrogen (secondary N) is 1. The second-order valence-electron chi connectivity index (χ2n) is 2.68. The van der Waals surface area contributed by atoms with Crippen LogP contribution in [0.3, 0.4) is 0 Å². The highest BCUT2D eigenvalue weighted by Crippen LogP contribution is 2.26. The highest BCUT2D eigenvalue weighted by molar-refractivity contribution is 9.10. The fourth-order valence-electron chi connectivity index (χ4n) is 1.25. The van der Waals surface area contributed by atoms with Gasteiger partial charge in [-0.1, -0.05) is 15.9 Å². The normalized spacial score (nSPS) is 10.9. The topological polar surface area (TPSA) is 54.7 Å². The third-order valence-electron chi connectivity index (χ3n) is 1.85. The summed E-state index contributed by atoms with van der Waals surface area (Å²) in [5.41, 5.74) is 8.25. The lowest BCUT2D eigenvalue weighted by Crippen LogP contribution is -1.85. The maximum Gasteiger partial charge on any atom is 0.198 e. The summed E-state index contributed by atoms with van der Waals surface area (Å²) >= 11 is 9.20. The average molecular weight is 261 g/mol. The van der Waals surface area contributed by atoms with Crippen molar-refractivity contribution in [3.63, 3.8) is 0 Å². The summed E-state index contributed by atoms with van der Waals surface area (Å²) in [6.07, 6.45) is 0. The molecule has 1 aromatic heterocycles. The van der Waals surface area contributed by atoms with E-state index in [9.17, 15) is 0 Å².